The fraction of sp³-hybridized carbons (Fsp3) is 0.391. The number of aryl methyl sites for hydroxylation is 2. The summed E-state index contributed by atoms with van der Waals surface area (Å²) in [5, 5.41) is 6.03. The van der Waals surface area contributed by atoms with Crippen LogP contribution in [0.3, 0.4) is 0 Å². The number of hydrogen-bond donors (Lipinski definition) is 2. The maximum absolute atomic E-state index is 14.8. The van der Waals surface area contributed by atoms with Crippen LogP contribution in [0, 0.1) is 19.7 Å². The molecule has 0 saturated carbocycles. The van der Waals surface area contributed by atoms with E-state index in [2.05, 4.69) is 25.6 Å². The number of urea groups is 1. The summed E-state index contributed by atoms with van der Waals surface area (Å²) in [6, 6.07) is 3.93. The Morgan fingerprint density at radius 1 is 1.20 bits per heavy atom. The van der Waals surface area contributed by atoms with Gasteiger partial charge >= 0.3 is 12.2 Å². The normalized spacial score (nSPS) is 16.4. The Kier molecular flexibility index (Phi) is 6.75. The van der Waals surface area contributed by atoms with Gasteiger partial charge in [0.05, 0.1) is 24.8 Å². The predicted molar refractivity (Wildman–Crippen MR) is 123 cm³/mol. The molecule has 3 aromatic rings. The molecule has 8 nitrogen and oxygen atoms in total. The summed E-state index contributed by atoms with van der Waals surface area (Å²) in [6.45, 7) is 3.36. The van der Waals surface area contributed by atoms with E-state index in [1.165, 1.54) is 17.0 Å². The number of halogens is 4. The minimum Gasteiger partial charge on any atom is -0.374 e. The van der Waals surface area contributed by atoms with Crippen molar-refractivity contribution in [3.63, 3.8) is 0 Å². The van der Waals surface area contributed by atoms with Crippen LogP contribution in [0.1, 0.15) is 17.7 Å². The highest BCUT2D eigenvalue weighted by atomic mass is 19.4. The highest BCUT2D eigenvalue weighted by Gasteiger charge is 2.36. The fourth-order valence-electron chi connectivity index (χ4n) is 3.98. The first-order chi connectivity index (χ1) is 16.5. The Hall–Kier alpha value is -3.54. The monoisotopic (exact) mass is 492 g/mol. The quantitative estimate of drug-likeness (QED) is 0.514. The van der Waals surface area contributed by atoms with Crippen LogP contribution in [-0.2, 0) is 4.74 Å². The number of morpholine rings is 1. The Bertz CT molecular complexity index is 1270. The summed E-state index contributed by atoms with van der Waals surface area (Å²) in [5.74, 6) is -0.228. The molecule has 4 rings (SSSR count). The third kappa shape index (κ3) is 5.59. The number of ether oxygens (including phenoxy) is 1. The number of hydrogen-bond acceptors (Lipinski definition) is 6. The van der Waals surface area contributed by atoms with Gasteiger partial charge in [-0.1, -0.05) is 0 Å². The molecule has 1 fully saturated rings. The lowest BCUT2D eigenvalue weighted by Crippen LogP contribution is -2.48. The zero-order chi connectivity index (χ0) is 25.3. The number of fused-ring (bicyclic) bond motifs is 1. The van der Waals surface area contributed by atoms with Crippen molar-refractivity contribution < 1.29 is 27.1 Å². The number of amides is 2. The van der Waals surface area contributed by atoms with Crippen molar-refractivity contribution in [3.8, 4) is 11.1 Å². The van der Waals surface area contributed by atoms with Gasteiger partial charge in [-0.05, 0) is 43.2 Å². The standard InChI is InChI=1S/C23H24F4N6O2/c1-12-6-18(24)19(31-22(34)33-4-5-35-15(11-33)9-23(25,26)27)8-16(12)17-7-14-10-29-21(28-3)32-20(14)30-13(17)2/h6-8,10,15H,4-5,9,11H2,1-3H3,(H,31,34)(H,28,29,30,32)/t15-/m1/s1. The van der Waals surface area contributed by atoms with E-state index in [9.17, 15) is 22.4 Å². The number of rotatable bonds is 4. The fourth-order valence-corrected chi connectivity index (χ4v) is 3.98. The molecule has 2 aromatic heterocycles. The van der Waals surface area contributed by atoms with Crippen molar-refractivity contribution in [2.45, 2.75) is 32.5 Å². The first-order valence-electron chi connectivity index (χ1n) is 10.9. The molecule has 2 amide bonds. The smallest absolute Gasteiger partial charge is 0.374 e. The van der Waals surface area contributed by atoms with Crippen LogP contribution >= 0.6 is 0 Å². The second kappa shape index (κ2) is 9.61. The number of nitrogens with one attached hydrogen (secondary N) is 2. The lowest BCUT2D eigenvalue weighted by molar-refractivity contribution is -0.168. The molecule has 1 aliphatic rings. The molecule has 3 heterocycles. The molecule has 1 aliphatic heterocycles. The molecule has 0 spiro atoms. The van der Waals surface area contributed by atoms with E-state index in [1.807, 2.05) is 6.07 Å². The van der Waals surface area contributed by atoms with Crippen LogP contribution in [0.15, 0.2) is 24.4 Å². The van der Waals surface area contributed by atoms with Gasteiger partial charge in [0.2, 0.25) is 5.95 Å². The highest BCUT2D eigenvalue weighted by molar-refractivity contribution is 5.91. The number of pyridine rings is 1. The summed E-state index contributed by atoms with van der Waals surface area (Å²) in [5.41, 5.74) is 3.03. The molecule has 0 unspecified atom stereocenters. The van der Waals surface area contributed by atoms with Gasteiger partial charge in [-0.25, -0.2) is 19.2 Å². The first-order valence-corrected chi connectivity index (χ1v) is 10.9. The molecular formula is C23H24F4N6O2. The van der Waals surface area contributed by atoms with Gasteiger partial charge in [-0.15, -0.1) is 0 Å². The van der Waals surface area contributed by atoms with Crippen molar-refractivity contribution in [1.82, 2.24) is 19.9 Å². The molecule has 12 heteroatoms. The van der Waals surface area contributed by atoms with Gasteiger partial charge in [0.25, 0.3) is 0 Å². The third-order valence-corrected chi connectivity index (χ3v) is 5.71. The van der Waals surface area contributed by atoms with Gasteiger partial charge in [-0.2, -0.15) is 18.2 Å². The molecule has 35 heavy (non-hydrogen) atoms. The van der Waals surface area contributed by atoms with Crippen LogP contribution in [0.25, 0.3) is 22.2 Å². The Labute approximate surface area is 198 Å². The zero-order valence-corrected chi connectivity index (χ0v) is 19.3. The van der Waals surface area contributed by atoms with Crippen molar-refractivity contribution in [2.24, 2.45) is 0 Å². The van der Waals surface area contributed by atoms with E-state index < -0.39 is 30.5 Å². The predicted octanol–water partition coefficient (Wildman–Crippen LogP) is 4.67. The van der Waals surface area contributed by atoms with Gasteiger partial charge in [-0.3, -0.25) is 0 Å². The molecule has 0 bridgehead atoms. The van der Waals surface area contributed by atoms with Crippen LogP contribution < -0.4 is 10.6 Å². The Morgan fingerprint density at radius 3 is 2.69 bits per heavy atom. The van der Waals surface area contributed by atoms with E-state index in [0.29, 0.717) is 39.4 Å². The van der Waals surface area contributed by atoms with E-state index in [1.54, 1.807) is 27.1 Å². The maximum Gasteiger partial charge on any atom is 0.391 e. The third-order valence-electron chi connectivity index (χ3n) is 5.71. The van der Waals surface area contributed by atoms with Crippen molar-refractivity contribution in [2.75, 3.05) is 37.4 Å². The summed E-state index contributed by atoms with van der Waals surface area (Å²) < 4.78 is 58.0. The molecule has 0 aliphatic carbocycles. The van der Waals surface area contributed by atoms with Crippen molar-refractivity contribution >= 4 is 28.7 Å². The summed E-state index contributed by atoms with van der Waals surface area (Å²) in [4.78, 5) is 27.0. The maximum atomic E-state index is 14.8. The second-order valence-electron chi connectivity index (χ2n) is 8.31. The number of benzene rings is 1. The molecule has 186 valence electrons. The van der Waals surface area contributed by atoms with Gasteiger partial charge in [0, 0.05) is 43.0 Å². The number of carbonyl (C=O) groups is 1. The number of carbonyl (C=O) groups excluding carboxylic acids is 1. The molecule has 2 N–H and O–H groups in total. The van der Waals surface area contributed by atoms with Crippen LogP contribution in [0.5, 0.6) is 0 Å². The molecule has 0 radical (unpaired) electrons. The van der Waals surface area contributed by atoms with Crippen molar-refractivity contribution in [3.05, 3.63) is 41.5 Å². The molecule has 1 aromatic carbocycles. The van der Waals surface area contributed by atoms with Gasteiger partial charge in [0.1, 0.15) is 5.82 Å². The Morgan fingerprint density at radius 2 is 1.97 bits per heavy atom. The summed E-state index contributed by atoms with van der Waals surface area (Å²) in [6.07, 6.45) is -5.10. The average Bonchev–Trinajstić information content (AvgIpc) is 2.79. The lowest BCUT2D eigenvalue weighted by Gasteiger charge is -2.33. The largest absolute Gasteiger partial charge is 0.391 e. The SMILES string of the molecule is CNc1ncc2cc(-c3cc(NC(=O)N4CCO[C@H](CC(F)(F)F)C4)c(F)cc3C)c(C)nc2n1. The Balaban J connectivity index is 1.60. The summed E-state index contributed by atoms with van der Waals surface area (Å²) in [7, 11) is 1.70. The first kappa shape index (κ1) is 24.6. The van der Waals surface area contributed by atoms with Crippen LogP contribution in [0.4, 0.5) is 34.0 Å². The molecule has 1 saturated heterocycles. The lowest BCUT2D eigenvalue weighted by atomic mass is 9.97. The van der Waals surface area contributed by atoms with Crippen LogP contribution in [0.2, 0.25) is 0 Å². The van der Waals surface area contributed by atoms with Crippen molar-refractivity contribution in [1.29, 1.82) is 0 Å². The number of aromatic nitrogens is 3. The average molecular weight is 492 g/mol. The van der Waals surface area contributed by atoms with E-state index in [-0.39, 0.29) is 25.4 Å². The number of alkyl halides is 3. The highest BCUT2D eigenvalue weighted by Crippen LogP contribution is 2.32. The van der Waals surface area contributed by atoms with Gasteiger partial charge in [0.15, 0.2) is 5.65 Å². The second-order valence-corrected chi connectivity index (χ2v) is 8.31. The zero-order valence-electron chi connectivity index (χ0n) is 19.3. The van der Waals surface area contributed by atoms with E-state index >= 15 is 0 Å². The number of nitrogens with zero attached hydrogens (tertiary/aromatic N) is 4. The van der Waals surface area contributed by atoms with Gasteiger partial charge < -0.3 is 20.3 Å². The molecule has 1 atom stereocenters. The van der Waals surface area contributed by atoms with Crippen LogP contribution in [-0.4, -0.2) is 64.9 Å². The minimum absolute atomic E-state index is 0.0327. The van der Waals surface area contributed by atoms with E-state index in [4.69, 9.17) is 4.74 Å². The van der Waals surface area contributed by atoms with E-state index in [0.717, 1.165) is 0 Å². The molecular weight excluding hydrogens is 468 g/mol. The summed E-state index contributed by atoms with van der Waals surface area (Å²) >= 11 is 0. The minimum atomic E-state index is -4.41. The number of anilines is 2. The topological polar surface area (TPSA) is 92.3 Å².